The zero-order valence-corrected chi connectivity index (χ0v) is 52.8. The van der Waals surface area contributed by atoms with E-state index in [0.717, 1.165) is 0 Å². The number of hydrogen-bond acceptors (Lipinski definition) is 4. The monoisotopic (exact) mass is 1240 g/mol. The van der Waals surface area contributed by atoms with Crippen LogP contribution in [-0.4, -0.2) is 9.13 Å². The highest BCUT2D eigenvalue weighted by molar-refractivity contribution is 7.28. The summed E-state index contributed by atoms with van der Waals surface area (Å²) in [4.78, 5) is 0. The minimum absolute atomic E-state index is 1.19. The molecule has 0 aliphatic carbocycles. The third-order valence-electron chi connectivity index (χ3n) is 18.6. The number of aromatic nitrogens is 2. The van der Waals surface area contributed by atoms with Crippen molar-refractivity contribution in [3.05, 3.63) is 315 Å². The molecule has 0 saturated heterocycles. The van der Waals surface area contributed by atoms with Gasteiger partial charge in [-0.2, -0.15) is 0 Å². The molecule has 0 aliphatic rings. The van der Waals surface area contributed by atoms with E-state index in [4.69, 9.17) is 0 Å². The van der Waals surface area contributed by atoms with Crippen molar-refractivity contribution in [2.75, 3.05) is 0 Å². The molecule has 0 spiro atoms. The highest BCUT2D eigenvalue weighted by atomic mass is 32.1. The molecule has 14 aromatic carbocycles. The van der Waals surface area contributed by atoms with E-state index in [-0.39, 0.29) is 0 Å². The summed E-state index contributed by atoms with van der Waals surface area (Å²) in [6.07, 6.45) is 0. The number of hydrogen-bond donors (Lipinski definition) is 0. The second kappa shape index (κ2) is 21.5. The van der Waals surface area contributed by atoms with Gasteiger partial charge >= 0.3 is 0 Å². The highest BCUT2D eigenvalue weighted by Crippen LogP contribution is 2.50. The molecule has 430 valence electrons. The molecular weight excluding hydrogens is 1190 g/mol. The number of rotatable bonds is 7. The van der Waals surface area contributed by atoms with Gasteiger partial charge in [0.05, 0.1) is 31.5 Å². The number of benzene rings is 14. The quantitative estimate of drug-likeness (QED) is 0.151. The van der Waals surface area contributed by atoms with E-state index in [2.05, 4.69) is 325 Å². The topological polar surface area (TPSA) is 9.86 Å². The minimum atomic E-state index is 1.19. The first-order valence-electron chi connectivity index (χ1n) is 31.2. The Hall–Kier alpha value is -10.7. The predicted octanol–water partition coefficient (Wildman–Crippen LogP) is 26.2. The maximum absolute atomic E-state index is 2.44. The molecule has 0 N–H and O–H groups in total. The summed E-state index contributed by atoms with van der Waals surface area (Å²) in [6, 6.07) is 115. The van der Waals surface area contributed by atoms with Crippen LogP contribution in [0.2, 0.25) is 0 Å². The van der Waals surface area contributed by atoms with Gasteiger partial charge in [-0.1, -0.05) is 255 Å². The van der Waals surface area contributed by atoms with Gasteiger partial charge in [-0.05, 0) is 127 Å². The molecule has 0 amide bonds. The SMILES string of the molecule is c1ccc(-c2cccc3c2sc2cccc(-c4cccc(-c5cccc6c5sc5c7ccccc7n(-c7ccccc7)c65)c4)c23)cc1.c1ccc(-n2c3ccccc3c3sc4c(-c5cccc(-c6cccc7sc8c9ccccc9ccc8c67)c5)cccc4c32)cc1. The maximum Gasteiger partial charge on any atom is 0.0727 e. The van der Waals surface area contributed by atoms with Crippen molar-refractivity contribution in [2.45, 2.75) is 0 Å². The molecule has 0 bridgehead atoms. The van der Waals surface area contributed by atoms with Gasteiger partial charge in [0.15, 0.2) is 0 Å². The van der Waals surface area contributed by atoms with Crippen LogP contribution in [-0.2, 0) is 0 Å². The Kier molecular flexibility index (Phi) is 12.4. The summed E-state index contributed by atoms with van der Waals surface area (Å²) in [5.41, 5.74) is 20.2. The summed E-state index contributed by atoms with van der Waals surface area (Å²) in [5, 5.41) is 13.2. The van der Waals surface area contributed by atoms with Crippen LogP contribution in [0.25, 0.3) is 181 Å². The molecule has 6 heterocycles. The number of para-hydroxylation sites is 4. The lowest BCUT2D eigenvalue weighted by Crippen LogP contribution is -1.92. The zero-order chi connectivity index (χ0) is 60.4. The normalized spacial score (nSPS) is 11.9. The summed E-state index contributed by atoms with van der Waals surface area (Å²) in [7, 11) is 0. The van der Waals surface area contributed by atoms with Gasteiger partial charge in [0.2, 0.25) is 0 Å². The molecular formula is C86H52N2S4. The molecule has 6 aromatic heterocycles. The van der Waals surface area contributed by atoms with Crippen LogP contribution >= 0.6 is 45.3 Å². The van der Waals surface area contributed by atoms with Gasteiger partial charge in [0.1, 0.15) is 0 Å². The number of fused-ring (bicyclic) bond motifs is 18. The van der Waals surface area contributed by atoms with Crippen LogP contribution in [0.3, 0.4) is 0 Å². The first-order valence-corrected chi connectivity index (χ1v) is 34.5. The molecule has 20 aromatic rings. The van der Waals surface area contributed by atoms with Crippen LogP contribution in [0, 0.1) is 0 Å². The lowest BCUT2D eigenvalue weighted by Gasteiger charge is -2.10. The van der Waals surface area contributed by atoms with Crippen LogP contribution in [0.1, 0.15) is 0 Å². The molecule has 6 heteroatoms. The maximum atomic E-state index is 2.44. The Morgan fingerprint density at radius 1 is 0.207 bits per heavy atom. The van der Waals surface area contributed by atoms with Crippen molar-refractivity contribution in [3.63, 3.8) is 0 Å². The summed E-state index contributed by atoms with van der Waals surface area (Å²) < 4.78 is 15.6. The van der Waals surface area contributed by atoms with Gasteiger partial charge in [-0.3, -0.25) is 0 Å². The van der Waals surface area contributed by atoms with E-state index in [9.17, 15) is 0 Å². The third kappa shape index (κ3) is 8.35. The van der Waals surface area contributed by atoms with Crippen LogP contribution in [0.15, 0.2) is 315 Å². The third-order valence-corrected chi connectivity index (χ3v) is 23.5. The first-order chi connectivity index (χ1) is 45.7. The molecule has 0 atom stereocenters. The van der Waals surface area contributed by atoms with E-state index in [0.29, 0.717) is 0 Å². The van der Waals surface area contributed by atoms with Crippen molar-refractivity contribution in [1.82, 2.24) is 9.13 Å². The van der Waals surface area contributed by atoms with E-state index < -0.39 is 0 Å². The van der Waals surface area contributed by atoms with E-state index in [1.165, 1.54) is 181 Å². The summed E-state index contributed by atoms with van der Waals surface area (Å²) >= 11 is 7.64. The predicted molar refractivity (Wildman–Crippen MR) is 403 cm³/mol. The Morgan fingerprint density at radius 2 is 0.565 bits per heavy atom. The van der Waals surface area contributed by atoms with Gasteiger partial charge in [-0.15, -0.1) is 45.3 Å². The Balaban J connectivity index is 0.000000132. The van der Waals surface area contributed by atoms with Crippen molar-refractivity contribution in [1.29, 1.82) is 0 Å². The first kappa shape index (κ1) is 53.2. The average Bonchev–Trinajstić information content (AvgIpc) is 1.58. The average molecular weight is 1240 g/mol. The standard InChI is InChI=1S/C44H27NS2.C42H25NS2/c1-3-13-28(14-4-1)33-21-10-23-36-40-32(20-12-26-39(40)46-42(33)36)29-15-9-16-30(27-29)34-22-11-24-37-41-44(47-43(34)37)35-19-7-8-25-38(35)45(41)31-17-5-2-6-18-31;1-2-14-29(15-3-1)43-36-21-7-6-17-33(36)42-39(43)35-20-9-19-32(41(35)45-42)28-13-8-12-27(25-28)30-18-10-22-37-38(30)34-24-23-26-11-4-5-16-31(26)40(34)44-37/h1-27H;1-25H. The van der Waals surface area contributed by atoms with Crippen molar-refractivity contribution in [3.8, 4) is 67.0 Å². The van der Waals surface area contributed by atoms with Crippen molar-refractivity contribution >= 4 is 159 Å². The molecule has 0 radical (unpaired) electrons. The lowest BCUT2D eigenvalue weighted by atomic mass is 9.95. The smallest absolute Gasteiger partial charge is 0.0727 e. The van der Waals surface area contributed by atoms with Gasteiger partial charge in [0.25, 0.3) is 0 Å². The van der Waals surface area contributed by atoms with Crippen LogP contribution in [0.5, 0.6) is 0 Å². The number of nitrogens with zero attached hydrogens (tertiary/aromatic N) is 2. The lowest BCUT2D eigenvalue weighted by molar-refractivity contribution is 1.19. The molecule has 2 nitrogen and oxygen atoms in total. The second-order valence-corrected chi connectivity index (χ2v) is 27.9. The van der Waals surface area contributed by atoms with E-state index >= 15 is 0 Å². The zero-order valence-electron chi connectivity index (χ0n) is 49.5. The Bertz CT molecular complexity index is 6310. The molecule has 20 rings (SSSR count). The second-order valence-electron chi connectivity index (χ2n) is 23.7. The molecule has 92 heavy (non-hydrogen) atoms. The van der Waals surface area contributed by atoms with Gasteiger partial charge in [-0.25, -0.2) is 0 Å². The highest BCUT2D eigenvalue weighted by Gasteiger charge is 2.23. The van der Waals surface area contributed by atoms with Gasteiger partial charge < -0.3 is 9.13 Å². The fourth-order valence-electron chi connectivity index (χ4n) is 14.6. The van der Waals surface area contributed by atoms with Crippen LogP contribution in [0.4, 0.5) is 0 Å². The molecule has 0 fully saturated rings. The Labute approximate surface area is 546 Å². The largest absolute Gasteiger partial charge is 0.308 e. The van der Waals surface area contributed by atoms with Gasteiger partial charge in [0, 0.05) is 82.7 Å². The van der Waals surface area contributed by atoms with Crippen molar-refractivity contribution in [2.24, 2.45) is 0 Å². The summed E-state index contributed by atoms with van der Waals surface area (Å²) in [5.74, 6) is 0. The molecule has 0 unspecified atom stereocenters. The van der Waals surface area contributed by atoms with Crippen LogP contribution < -0.4 is 0 Å². The van der Waals surface area contributed by atoms with Crippen molar-refractivity contribution < 1.29 is 0 Å². The minimum Gasteiger partial charge on any atom is -0.308 e. The van der Waals surface area contributed by atoms with E-state index in [1.54, 1.807) is 0 Å². The summed E-state index contributed by atoms with van der Waals surface area (Å²) in [6.45, 7) is 0. The van der Waals surface area contributed by atoms with E-state index in [1.807, 2.05) is 45.3 Å². The fourth-order valence-corrected chi connectivity index (χ4v) is 19.8. The molecule has 0 saturated carbocycles. The molecule has 0 aliphatic heterocycles. The number of thiophene rings is 4. The fraction of sp³-hybridized carbons (Fsp3) is 0. The Morgan fingerprint density at radius 3 is 1.10 bits per heavy atom.